The zero-order valence-electron chi connectivity index (χ0n) is 11.7. The lowest BCUT2D eigenvalue weighted by Gasteiger charge is -2.18. The second kappa shape index (κ2) is 5.51. The van der Waals surface area contributed by atoms with Crippen molar-refractivity contribution in [2.45, 2.75) is 19.9 Å². The van der Waals surface area contributed by atoms with E-state index in [2.05, 4.69) is 4.98 Å². The molecular formula is C14H16N2O5. The summed E-state index contributed by atoms with van der Waals surface area (Å²) in [6.07, 6.45) is -0.0000236. The average molecular weight is 292 g/mol. The Morgan fingerprint density at radius 1 is 1.38 bits per heavy atom. The first-order valence-corrected chi connectivity index (χ1v) is 6.83. The number of aromatic nitrogens is 2. The van der Waals surface area contributed by atoms with Crippen molar-refractivity contribution in [2.24, 2.45) is 0 Å². The van der Waals surface area contributed by atoms with Crippen LogP contribution in [0.4, 0.5) is 0 Å². The lowest BCUT2D eigenvalue weighted by atomic mass is 10.2. The number of carboxylic acid groups (broad SMARTS) is 1. The molecule has 21 heavy (non-hydrogen) atoms. The van der Waals surface area contributed by atoms with Crippen molar-refractivity contribution in [3.05, 3.63) is 12.1 Å². The second-order valence-electron chi connectivity index (χ2n) is 4.61. The molecule has 2 heterocycles. The van der Waals surface area contributed by atoms with Crippen molar-refractivity contribution in [1.82, 2.24) is 9.55 Å². The molecule has 7 nitrogen and oxygen atoms in total. The standard InChI is InChI=1S/C14H16N2O5/c1-2-19-14-15-9-7-11-12(21-6-5-20-11)8-10(9)16(14)4-3-13(17)18/h7-8H,2-6H2,1H3,(H,17,18). The highest BCUT2D eigenvalue weighted by Crippen LogP contribution is 2.36. The number of imidazole rings is 1. The molecule has 1 aliphatic rings. The summed E-state index contributed by atoms with van der Waals surface area (Å²) in [4.78, 5) is 15.2. The van der Waals surface area contributed by atoms with Gasteiger partial charge in [0, 0.05) is 18.7 Å². The van der Waals surface area contributed by atoms with Crippen LogP contribution in [0.1, 0.15) is 13.3 Å². The number of rotatable bonds is 5. The van der Waals surface area contributed by atoms with E-state index in [1.165, 1.54) is 0 Å². The molecule has 2 aromatic rings. The van der Waals surface area contributed by atoms with Crippen molar-refractivity contribution in [3.63, 3.8) is 0 Å². The van der Waals surface area contributed by atoms with Gasteiger partial charge in [-0.2, -0.15) is 4.98 Å². The first-order valence-electron chi connectivity index (χ1n) is 6.83. The minimum absolute atomic E-state index is 0.0000236. The molecule has 1 aromatic heterocycles. The Bertz CT molecular complexity index is 680. The number of carboxylic acids is 1. The van der Waals surface area contributed by atoms with E-state index in [0.29, 0.717) is 49.4 Å². The maximum Gasteiger partial charge on any atom is 0.305 e. The van der Waals surface area contributed by atoms with Crippen molar-refractivity contribution in [3.8, 4) is 17.5 Å². The summed E-state index contributed by atoms with van der Waals surface area (Å²) in [5, 5.41) is 8.88. The van der Waals surface area contributed by atoms with Gasteiger partial charge in [-0.15, -0.1) is 0 Å². The number of hydrogen-bond donors (Lipinski definition) is 1. The monoisotopic (exact) mass is 292 g/mol. The Labute approximate surface area is 121 Å². The molecule has 1 aromatic carbocycles. The summed E-state index contributed by atoms with van der Waals surface area (Å²) in [6.45, 7) is 3.62. The number of nitrogens with zero attached hydrogens (tertiary/aromatic N) is 2. The van der Waals surface area contributed by atoms with E-state index in [4.69, 9.17) is 19.3 Å². The lowest BCUT2D eigenvalue weighted by molar-refractivity contribution is -0.137. The number of ether oxygens (including phenoxy) is 3. The molecule has 0 saturated heterocycles. The van der Waals surface area contributed by atoms with Gasteiger partial charge in [-0.05, 0) is 6.92 Å². The molecule has 7 heteroatoms. The minimum atomic E-state index is -0.864. The Balaban J connectivity index is 2.07. The molecular weight excluding hydrogens is 276 g/mol. The van der Waals surface area contributed by atoms with E-state index in [0.717, 1.165) is 5.52 Å². The van der Waals surface area contributed by atoms with Gasteiger partial charge < -0.3 is 19.3 Å². The third-order valence-corrected chi connectivity index (χ3v) is 3.20. The van der Waals surface area contributed by atoms with Crippen LogP contribution in [-0.4, -0.2) is 40.4 Å². The number of benzene rings is 1. The number of hydrogen-bond acceptors (Lipinski definition) is 5. The molecule has 0 fully saturated rings. The third kappa shape index (κ3) is 2.58. The molecule has 0 radical (unpaired) electrons. The molecule has 0 unspecified atom stereocenters. The summed E-state index contributed by atoms with van der Waals surface area (Å²) in [5.74, 6) is 0.435. The van der Waals surface area contributed by atoms with Crippen LogP contribution in [0.5, 0.6) is 17.5 Å². The summed E-state index contributed by atoms with van der Waals surface area (Å²) >= 11 is 0. The third-order valence-electron chi connectivity index (χ3n) is 3.20. The summed E-state index contributed by atoms with van der Waals surface area (Å²) in [5.41, 5.74) is 1.48. The SMILES string of the molecule is CCOc1nc2cc3c(cc2n1CCC(=O)O)OCCO3. The molecule has 0 atom stereocenters. The fourth-order valence-corrected chi connectivity index (χ4v) is 2.30. The van der Waals surface area contributed by atoms with Gasteiger partial charge in [-0.3, -0.25) is 9.36 Å². The molecule has 3 rings (SSSR count). The Morgan fingerprint density at radius 2 is 2.10 bits per heavy atom. The highest BCUT2D eigenvalue weighted by molar-refractivity contribution is 5.81. The van der Waals surface area contributed by atoms with E-state index in [-0.39, 0.29) is 6.42 Å². The van der Waals surface area contributed by atoms with Crippen molar-refractivity contribution in [1.29, 1.82) is 0 Å². The Hall–Kier alpha value is -2.44. The minimum Gasteiger partial charge on any atom is -0.486 e. The molecule has 0 saturated carbocycles. The quantitative estimate of drug-likeness (QED) is 0.902. The fraction of sp³-hybridized carbons (Fsp3) is 0.429. The van der Waals surface area contributed by atoms with Crippen LogP contribution < -0.4 is 14.2 Å². The molecule has 0 aliphatic carbocycles. The van der Waals surface area contributed by atoms with Gasteiger partial charge >= 0.3 is 5.97 Å². The first-order chi connectivity index (χ1) is 10.2. The smallest absolute Gasteiger partial charge is 0.305 e. The molecule has 1 N–H and O–H groups in total. The van der Waals surface area contributed by atoms with E-state index in [1.54, 1.807) is 10.6 Å². The molecule has 112 valence electrons. The summed E-state index contributed by atoms with van der Waals surface area (Å²) in [7, 11) is 0. The number of carbonyl (C=O) groups is 1. The van der Waals surface area contributed by atoms with Crippen LogP contribution in [0.25, 0.3) is 11.0 Å². The number of aryl methyl sites for hydroxylation is 1. The van der Waals surface area contributed by atoms with Crippen molar-refractivity contribution >= 4 is 17.0 Å². The Morgan fingerprint density at radius 3 is 2.76 bits per heavy atom. The topological polar surface area (TPSA) is 82.8 Å². The predicted molar refractivity (Wildman–Crippen MR) is 74.1 cm³/mol. The second-order valence-corrected chi connectivity index (χ2v) is 4.61. The maximum absolute atomic E-state index is 10.8. The predicted octanol–water partition coefficient (Wildman–Crippen LogP) is 1.68. The van der Waals surface area contributed by atoms with Crippen LogP contribution in [0.3, 0.4) is 0 Å². The van der Waals surface area contributed by atoms with E-state index < -0.39 is 5.97 Å². The van der Waals surface area contributed by atoms with Gasteiger partial charge in [-0.1, -0.05) is 0 Å². The largest absolute Gasteiger partial charge is 0.486 e. The van der Waals surface area contributed by atoms with Crippen LogP contribution in [0, 0.1) is 0 Å². The van der Waals surface area contributed by atoms with Crippen molar-refractivity contribution in [2.75, 3.05) is 19.8 Å². The van der Waals surface area contributed by atoms with Gasteiger partial charge in [0.2, 0.25) is 0 Å². The van der Waals surface area contributed by atoms with Crippen LogP contribution in [-0.2, 0) is 11.3 Å². The maximum atomic E-state index is 10.8. The molecule has 0 spiro atoms. The zero-order valence-corrected chi connectivity index (χ0v) is 11.7. The molecule has 1 aliphatic heterocycles. The van der Waals surface area contributed by atoms with E-state index >= 15 is 0 Å². The molecule has 0 amide bonds. The van der Waals surface area contributed by atoms with Crippen LogP contribution >= 0.6 is 0 Å². The first kappa shape index (κ1) is 13.5. The highest BCUT2D eigenvalue weighted by Gasteiger charge is 2.19. The van der Waals surface area contributed by atoms with Gasteiger partial charge in [0.05, 0.1) is 24.1 Å². The van der Waals surface area contributed by atoms with Crippen LogP contribution in [0.2, 0.25) is 0 Å². The molecule has 0 bridgehead atoms. The van der Waals surface area contributed by atoms with Gasteiger partial charge in [0.15, 0.2) is 11.5 Å². The number of fused-ring (bicyclic) bond motifs is 2. The number of aliphatic carboxylic acids is 1. The van der Waals surface area contributed by atoms with Crippen molar-refractivity contribution < 1.29 is 24.1 Å². The zero-order chi connectivity index (χ0) is 14.8. The lowest BCUT2D eigenvalue weighted by Crippen LogP contribution is -2.15. The van der Waals surface area contributed by atoms with Gasteiger partial charge in [0.25, 0.3) is 6.01 Å². The highest BCUT2D eigenvalue weighted by atomic mass is 16.6. The van der Waals surface area contributed by atoms with E-state index in [1.807, 2.05) is 13.0 Å². The van der Waals surface area contributed by atoms with Gasteiger partial charge in [-0.25, -0.2) is 0 Å². The van der Waals surface area contributed by atoms with E-state index in [9.17, 15) is 4.79 Å². The summed E-state index contributed by atoms with van der Waals surface area (Å²) < 4.78 is 18.3. The normalized spacial score (nSPS) is 13.4. The average Bonchev–Trinajstić information content (AvgIpc) is 2.79. The summed E-state index contributed by atoms with van der Waals surface area (Å²) in [6, 6.07) is 4.03. The Kier molecular flexibility index (Phi) is 3.55. The fourth-order valence-electron chi connectivity index (χ4n) is 2.30. The van der Waals surface area contributed by atoms with Crippen LogP contribution in [0.15, 0.2) is 12.1 Å². The van der Waals surface area contributed by atoms with Gasteiger partial charge in [0.1, 0.15) is 13.2 Å².